The van der Waals surface area contributed by atoms with Gasteiger partial charge in [0, 0.05) is 13.1 Å². The van der Waals surface area contributed by atoms with Crippen molar-refractivity contribution in [3.63, 3.8) is 0 Å². The molecule has 3 N–H and O–H groups in total. The van der Waals surface area contributed by atoms with Gasteiger partial charge in [0.15, 0.2) is 0 Å². The molecule has 4 rings (SSSR count). The van der Waals surface area contributed by atoms with E-state index in [-0.39, 0.29) is 29.1 Å². The number of nitrogens with one attached hydrogen (secondary N) is 3. The molecule has 3 fully saturated rings. The summed E-state index contributed by atoms with van der Waals surface area (Å²) in [5.41, 5.74) is -0.342. The average Bonchev–Trinajstić information content (AvgIpc) is 3.76. The molecule has 10 heteroatoms. The zero-order chi connectivity index (χ0) is 33.5. The lowest BCUT2D eigenvalue weighted by atomic mass is 9.85. The maximum atomic E-state index is 14.1. The number of ether oxygens (including phenoxy) is 1. The summed E-state index contributed by atoms with van der Waals surface area (Å²) in [6, 6.07) is 7.35. The minimum Gasteiger partial charge on any atom is -0.444 e. The Hall–Kier alpha value is -3.43. The summed E-state index contributed by atoms with van der Waals surface area (Å²) < 4.78 is 5.43. The maximum absolute atomic E-state index is 14.1. The highest BCUT2D eigenvalue weighted by Crippen LogP contribution is 2.65. The molecular formula is C35H52N4O6. The van der Waals surface area contributed by atoms with Crippen LogP contribution in [0.1, 0.15) is 93.1 Å². The molecule has 4 amide bonds. The molecule has 0 bridgehead atoms. The van der Waals surface area contributed by atoms with Crippen LogP contribution in [-0.4, -0.2) is 71.3 Å². The van der Waals surface area contributed by atoms with E-state index in [0.717, 1.165) is 6.42 Å². The van der Waals surface area contributed by atoms with E-state index in [4.69, 9.17) is 4.74 Å². The van der Waals surface area contributed by atoms with E-state index in [1.807, 2.05) is 45.9 Å². The topological polar surface area (TPSA) is 134 Å². The highest BCUT2D eigenvalue weighted by molar-refractivity contribution is 6.38. The van der Waals surface area contributed by atoms with Gasteiger partial charge in [-0.05, 0) is 73.7 Å². The lowest BCUT2D eigenvalue weighted by molar-refractivity contribution is -0.145. The number of hydrogen-bond acceptors (Lipinski definition) is 6. The Kier molecular flexibility index (Phi) is 9.76. The molecule has 1 aromatic rings. The Balaban J connectivity index is 1.44. The van der Waals surface area contributed by atoms with Crippen LogP contribution in [0, 0.1) is 28.6 Å². The smallest absolute Gasteiger partial charge is 0.408 e. The van der Waals surface area contributed by atoms with Gasteiger partial charge in [0.1, 0.15) is 17.7 Å². The number of likely N-dealkylation sites (tertiary alicyclic amines) is 1. The Bertz CT molecular complexity index is 1300. The van der Waals surface area contributed by atoms with Crippen molar-refractivity contribution < 1.29 is 28.7 Å². The van der Waals surface area contributed by atoms with Crippen LogP contribution in [0.2, 0.25) is 0 Å². The van der Waals surface area contributed by atoms with Crippen molar-refractivity contribution in [3.8, 4) is 0 Å². The second kappa shape index (κ2) is 12.8. The zero-order valence-corrected chi connectivity index (χ0v) is 28.4. The van der Waals surface area contributed by atoms with Crippen molar-refractivity contribution in [1.82, 2.24) is 20.9 Å². The fourth-order valence-corrected chi connectivity index (χ4v) is 6.92. The van der Waals surface area contributed by atoms with Crippen molar-refractivity contribution in [2.24, 2.45) is 28.6 Å². The highest BCUT2D eigenvalue weighted by atomic mass is 16.6. The Morgan fingerprint density at radius 3 is 2.22 bits per heavy atom. The van der Waals surface area contributed by atoms with Crippen LogP contribution in [0.5, 0.6) is 0 Å². The van der Waals surface area contributed by atoms with Gasteiger partial charge in [0.05, 0.1) is 6.04 Å². The number of alkyl carbamates (subject to hydrolysis) is 1. The first-order chi connectivity index (χ1) is 20.9. The van der Waals surface area contributed by atoms with Gasteiger partial charge >= 0.3 is 6.09 Å². The normalized spacial score (nSPS) is 26.2. The van der Waals surface area contributed by atoms with Crippen LogP contribution in [-0.2, 0) is 23.9 Å². The summed E-state index contributed by atoms with van der Waals surface area (Å²) in [4.78, 5) is 68.6. The molecule has 0 radical (unpaired) electrons. The lowest BCUT2D eigenvalue weighted by Gasteiger charge is -2.38. The first kappa shape index (κ1) is 34.4. The van der Waals surface area contributed by atoms with Gasteiger partial charge in [-0.25, -0.2) is 4.79 Å². The van der Waals surface area contributed by atoms with Crippen LogP contribution in [0.4, 0.5) is 4.79 Å². The monoisotopic (exact) mass is 624 g/mol. The van der Waals surface area contributed by atoms with Crippen molar-refractivity contribution in [3.05, 3.63) is 35.9 Å². The van der Waals surface area contributed by atoms with Gasteiger partial charge in [-0.15, -0.1) is 0 Å². The number of hydrogen-bond donors (Lipinski definition) is 3. The summed E-state index contributed by atoms with van der Waals surface area (Å²) in [6.07, 6.45) is 1.13. The summed E-state index contributed by atoms with van der Waals surface area (Å²) in [6.45, 7) is 17.6. The quantitative estimate of drug-likeness (QED) is 0.317. The summed E-state index contributed by atoms with van der Waals surface area (Å²) >= 11 is 0. The SMILES string of the molecule is CCCC(NC(=O)[C@@H]1[C@H]2[C@@H](CN1C(=O)C(NC(=O)OC(C)(C)C)C(C)(C)C)C2(C)C)C(=O)C(=O)NCC1CC1c1ccccc1. The number of amides is 4. The fraction of sp³-hybridized carbons (Fsp3) is 0.686. The van der Waals surface area contributed by atoms with E-state index in [0.29, 0.717) is 31.8 Å². The zero-order valence-electron chi connectivity index (χ0n) is 28.4. The Labute approximate surface area is 267 Å². The van der Waals surface area contributed by atoms with Gasteiger partial charge in [-0.2, -0.15) is 0 Å². The van der Waals surface area contributed by atoms with E-state index in [2.05, 4.69) is 41.9 Å². The molecule has 248 valence electrons. The van der Waals surface area contributed by atoms with E-state index in [9.17, 15) is 24.0 Å². The summed E-state index contributed by atoms with van der Waals surface area (Å²) in [5, 5.41) is 8.39. The number of nitrogens with zero attached hydrogens (tertiary/aromatic N) is 1. The number of rotatable bonds is 11. The molecule has 1 aliphatic heterocycles. The number of carbonyl (C=O) groups excluding carboxylic acids is 5. The van der Waals surface area contributed by atoms with Gasteiger partial charge in [0.2, 0.25) is 17.6 Å². The third kappa shape index (κ3) is 7.87. The van der Waals surface area contributed by atoms with Crippen molar-refractivity contribution in [2.45, 2.75) is 111 Å². The molecule has 4 unspecified atom stereocenters. The number of piperidine rings is 1. The molecule has 3 aliphatic rings. The van der Waals surface area contributed by atoms with Crippen LogP contribution in [0.15, 0.2) is 30.3 Å². The predicted octanol–water partition coefficient (Wildman–Crippen LogP) is 4.18. The van der Waals surface area contributed by atoms with Crippen LogP contribution in [0.25, 0.3) is 0 Å². The third-order valence-corrected chi connectivity index (χ3v) is 9.64. The number of Topliss-reactive ketones (excluding diaryl/α,β-unsaturated/α-hetero) is 1. The first-order valence-corrected chi connectivity index (χ1v) is 16.3. The largest absolute Gasteiger partial charge is 0.444 e. The lowest BCUT2D eigenvalue weighted by Crippen LogP contribution is -2.60. The van der Waals surface area contributed by atoms with Gasteiger partial charge < -0.3 is 25.6 Å². The molecule has 1 saturated heterocycles. The molecule has 1 heterocycles. The van der Waals surface area contributed by atoms with E-state index < -0.39 is 52.8 Å². The average molecular weight is 625 g/mol. The van der Waals surface area contributed by atoms with E-state index >= 15 is 0 Å². The summed E-state index contributed by atoms with van der Waals surface area (Å²) in [5.74, 6) is -1.54. The predicted molar refractivity (Wildman–Crippen MR) is 171 cm³/mol. The van der Waals surface area contributed by atoms with E-state index in [1.165, 1.54) is 5.56 Å². The van der Waals surface area contributed by atoms with Crippen LogP contribution in [0.3, 0.4) is 0 Å². The molecule has 45 heavy (non-hydrogen) atoms. The van der Waals surface area contributed by atoms with Gasteiger partial charge in [0.25, 0.3) is 5.91 Å². The number of fused-ring (bicyclic) bond motifs is 1. The van der Waals surface area contributed by atoms with Crippen molar-refractivity contribution in [1.29, 1.82) is 0 Å². The molecule has 1 aromatic carbocycles. The number of benzene rings is 1. The number of ketones is 1. The standard InChI is InChI=1S/C35H52N4O6/c1-10-14-24(27(40)30(42)36-18-21-17-22(21)20-15-12-11-13-16-20)37-29(41)26-25-23(35(25,8)9)19-39(26)31(43)28(33(2,3)4)38-32(44)45-34(5,6)7/h11-13,15-16,21-26,28H,10,14,17-19H2,1-9H3,(H,36,42)(H,37,41)(H,38,44)/t21?,22?,23-,24?,25-,26+,28?/m1/s1. The molecule has 0 aromatic heterocycles. The summed E-state index contributed by atoms with van der Waals surface area (Å²) in [7, 11) is 0. The second-order valence-corrected chi connectivity index (χ2v) is 15.8. The second-order valence-electron chi connectivity index (χ2n) is 15.8. The fourth-order valence-electron chi connectivity index (χ4n) is 6.92. The Morgan fingerprint density at radius 2 is 1.64 bits per heavy atom. The van der Waals surface area contributed by atoms with Crippen molar-refractivity contribution >= 4 is 29.6 Å². The first-order valence-electron chi connectivity index (χ1n) is 16.3. The van der Waals surface area contributed by atoms with Crippen LogP contribution >= 0.6 is 0 Å². The third-order valence-electron chi connectivity index (χ3n) is 9.64. The minimum absolute atomic E-state index is 0.0976. The molecule has 7 atom stereocenters. The van der Waals surface area contributed by atoms with E-state index in [1.54, 1.807) is 25.7 Å². The maximum Gasteiger partial charge on any atom is 0.408 e. The molecular weight excluding hydrogens is 572 g/mol. The number of carbonyl (C=O) groups is 5. The van der Waals surface area contributed by atoms with Crippen molar-refractivity contribution in [2.75, 3.05) is 13.1 Å². The molecule has 2 aliphatic carbocycles. The highest BCUT2D eigenvalue weighted by Gasteiger charge is 2.70. The molecule has 2 saturated carbocycles. The van der Waals surface area contributed by atoms with Gasteiger partial charge in [-0.3, -0.25) is 19.2 Å². The minimum atomic E-state index is -0.997. The molecule has 0 spiro atoms. The molecule has 10 nitrogen and oxygen atoms in total. The van der Waals surface area contributed by atoms with Gasteiger partial charge in [-0.1, -0.05) is 78.3 Å². The van der Waals surface area contributed by atoms with Crippen LogP contribution < -0.4 is 16.0 Å². The Morgan fingerprint density at radius 1 is 1.00 bits per heavy atom.